The third-order valence-corrected chi connectivity index (χ3v) is 3.42. The molecule has 1 N–H and O–H groups in total. The summed E-state index contributed by atoms with van der Waals surface area (Å²) in [5.41, 5.74) is 0.958. The van der Waals surface area contributed by atoms with Crippen LogP contribution in [0.4, 0.5) is 18.9 Å². The highest BCUT2D eigenvalue weighted by atomic mass is 19.4. The lowest BCUT2D eigenvalue weighted by Crippen LogP contribution is -2.53. The van der Waals surface area contributed by atoms with Crippen molar-refractivity contribution in [3.63, 3.8) is 0 Å². The number of carboxylic acids is 1. The highest BCUT2D eigenvalue weighted by molar-refractivity contribution is 5.92. The second-order valence-electron chi connectivity index (χ2n) is 4.78. The lowest BCUT2D eigenvalue weighted by molar-refractivity contribution is -0.180. The highest BCUT2D eigenvalue weighted by Crippen LogP contribution is 2.37. The number of furan rings is 1. The molecule has 0 unspecified atom stereocenters. The van der Waals surface area contributed by atoms with Gasteiger partial charge < -0.3 is 14.4 Å². The zero-order valence-corrected chi connectivity index (χ0v) is 10.1. The number of aromatic carboxylic acids is 1. The largest absolute Gasteiger partial charge is 0.475 e. The first-order chi connectivity index (χ1) is 9.34. The standard InChI is InChI=1S/C13H10F3NO3/c14-13(15,16)8-5-17(6-8)9-2-1-7-3-11(12(18)19)20-10(7)4-9/h1-4,8H,5-6H2,(H,18,19). The number of hydrogen-bond donors (Lipinski definition) is 1. The SMILES string of the molecule is O=C(O)c1cc2ccc(N3CC(C(F)(F)F)C3)cc2o1. The number of rotatable bonds is 2. The molecule has 0 radical (unpaired) electrons. The van der Waals surface area contributed by atoms with Crippen LogP contribution in [0.25, 0.3) is 11.0 Å². The van der Waals surface area contributed by atoms with Crippen molar-refractivity contribution in [2.45, 2.75) is 6.18 Å². The van der Waals surface area contributed by atoms with Crippen molar-refractivity contribution in [2.24, 2.45) is 5.92 Å². The van der Waals surface area contributed by atoms with Crippen LogP contribution >= 0.6 is 0 Å². The molecule has 1 aliphatic heterocycles. The summed E-state index contributed by atoms with van der Waals surface area (Å²) < 4.78 is 42.4. The summed E-state index contributed by atoms with van der Waals surface area (Å²) in [5.74, 6) is -2.66. The summed E-state index contributed by atoms with van der Waals surface area (Å²) in [6, 6.07) is 6.25. The molecule has 0 amide bonds. The van der Waals surface area contributed by atoms with E-state index in [0.29, 0.717) is 16.7 Å². The summed E-state index contributed by atoms with van der Waals surface area (Å²) in [6.07, 6.45) is -4.16. The molecule has 1 aliphatic rings. The molecule has 20 heavy (non-hydrogen) atoms. The molecule has 3 rings (SSSR count). The van der Waals surface area contributed by atoms with Crippen molar-refractivity contribution < 1.29 is 27.5 Å². The van der Waals surface area contributed by atoms with E-state index in [1.54, 1.807) is 23.1 Å². The molecule has 1 aromatic heterocycles. The third kappa shape index (κ3) is 2.09. The van der Waals surface area contributed by atoms with E-state index in [1.165, 1.54) is 6.07 Å². The molecule has 1 fully saturated rings. The van der Waals surface area contributed by atoms with Gasteiger partial charge in [0.2, 0.25) is 5.76 Å². The Bertz CT molecular complexity index is 671. The molecule has 0 aliphatic carbocycles. The minimum Gasteiger partial charge on any atom is -0.475 e. The number of hydrogen-bond acceptors (Lipinski definition) is 3. The van der Waals surface area contributed by atoms with E-state index in [0.717, 1.165) is 0 Å². The first-order valence-electron chi connectivity index (χ1n) is 5.93. The van der Waals surface area contributed by atoms with Crippen molar-refractivity contribution in [1.29, 1.82) is 0 Å². The molecule has 0 spiro atoms. The molecule has 1 aromatic carbocycles. The van der Waals surface area contributed by atoms with Gasteiger partial charge in [-0.05, 0) is 18.2 Å². The Hall–Kier alpha value is -2.18. The zero-order valence-electron chi connectivity index (χ0n) is 10.1. The number of fused-ring (bicyclic) bond motifs is 1. The third-order valence-electron chi connectivity index (χ3n) is 3.42. The topological polar surface area (TPSA) is 53.7 Å². The number of alkyl halides is 3. The van der Waals surface area contributed by atoms with E-state index in [1.807, 2.05) is 0 Å². The van der Waals surface area contributed by atoms with Gasteiger partial charge in [-0.3, -0.25) is 0 Å². The Morgan fingerprint density at radius 2 is 2.00 bits per heavy atom. The normalized spacial score (nSPS) is 16.4. The molecular weight excluding hydrogens is 275 g/mol. The first-order valence-corrected chi connectivity index (χ1v) is 5.93. The molecule has 4 nitrogen and oxygen atoms in total. The van der Waals surface area contributed by atoms with Crippen LogP contribution < -0.4 is 4.90 Å². The van der Waals surface area contributed by atoms with Gasteiger partial charge in [0.25, 0.3) is 0 Å². The lowest BCUT2D eigenvalue weighted by atomic mass is 9.98. The van der Waals surface area contributed by atoms with Crippen LogP contribution in [0.3, 0.4) is 0 Å². The molecule has 1 saturated heterocycles. The molecular formula is C13H10F3NO3. The predicted molar refractivity (Wildman–Crippen MR) is 64.9 cm³/mol. The van der Waals surface area contributed by atoms with Crippen molar-refractivity contribution in [3.8, 4) is 0 Å². The Morgan fingerprint density at radius 3 is 2.60 bits per heavy atom. The Kier molecular flexibility index (Phi) is 2.67. The monoisotopic (exact) mass is 285 g/mol. The van der Waals surface area contributed by atoms with Gasteiger partial charge in [0.1, 0.15) is 5.58 Å². The van der Waals surface area contributed by atoms with Gasteiger partial charge in [0.05, 0.1) is 5.92 Å². The van der Waals surface area contributed by atoms with Crippen LogP contribution in [-0.2, 0) is 0 Å². The van der Waals surface area contributed by atoms with E-state index < -0.39 is 18.1 Å². The Balaban J connectivity index is 1.82. The number of anilines is 1. The molecule has 2 aromatic rings. The minimum absolute atomic E-state index is 0.0818. The fraction of sp³-hybridized carbons (Fsp3) is 0.308. The highest BCUT2D eigenvalue weighted by Gasteiger charge is 2.47. The van der Waals surface area contributed by atoms with Gasteiger partial charge in [0.15, 0.2) is 0 Å². The van der Waals surface area contributed by atoms with Crippen LogP contribution in [-0.4, -0.2) is 30.3 Å². The second-order valence-corrected chi connectivity index (χ2v) is 4.78. The number of benzene rings is 1. The minimum atomic E-state index is -4.16. The lowest BCUT2D eigenvalue weighted by Gasteiger charge is -2.41. The van der Waals surface area contributed by atoms with Gasteiger partial charge >= 0.3 is 12.1 Å². The van der Waals surface area contributed by atoms with Crippen LogP contribution in [0.1, 0.15) is 10.6 Å². The Labute approximate surface area is 111 Å². The van der Waals surface area contributed by atoms with Gasteiger partial charge in [-0.15, -0.1) is 0 Å². The maximum Gasteiger partial charge on any atom is 0.395 e. The Morgan fingerprint density at radius 1 is 1.30 bits per heavy atom. The molecule has 0 atom stereocenters. The van der Waals surface area contributed by atoms with Crippen molar-refractivity contribution in [2.75, 3.05) is 18.0 Å². The number of halogens is 3. The summed E-state index contributed by atoms with van der Waals surface area (Å²) in [6.45, 7) is -0.164. The fourth-order valence-electron chi connectivity index (χ4n) is 2.22. The summed E-state index contributed by atoms with van der Waals surface area (Å²) in [7, 11) is 0. The number of nitrogens with zero attached hydrogens (tertiary/aromatic N) is 1. The van der Waals surface area contributed by atoms with Crippen molar-refractivity contribution >= 4 is 22.6 Å². The van der Waals surface area contributed by atoms with Gasteiger partial charge in [0, 0.05) is 30.2 Å². The molecule has 0 bridgehead atoms. The summed E-state index contributed by atoms with van der Waals surface area (Å²) >= 11 is 0. The van der Waals surface area contributed by atoms with E-state index >= 15 is 0 Å². The molecule has 7 heteroatoms. The zero-order chi connectivity index (χ0) is 14.5. The van der Waals surface area contributed by atoms with Gasteiger partial charge in [-0.25, -0.2) is 4.79 Å². The quantitative estimate of drug-likeness (QED) is 0.921. The summed E-state index contributed by atoms with van der Waals surface area (Å²) in [5, 5.41) is 9.43. The van der Waals surface area contributed by atoms with Crippen LogP contribution in [0.2, 0.25) is 0 Å². The molecule has 0 saturated carbocycles. The second kappa shape index (κ2) is 4.16. The van der Waals surface area contributed by atoms with Gasteiger partial charge in [-0.1, -0.05) is 0 Å². The van der Waals surface area contributed by atoms with E-state index in [2.05, 4.69) is 0 Å². The number of carbonyl (C=O) groups is 1. The first kappa shape index (κ1) is 12.8. The summed E-state index contributed by atoms with van der Waals surface area (Å²) in [4.78, 5) is 12.4. The number of carboxylic acid groups (broad SMARTS) is 1. The maximum absolute atomic E-state index is 12.4. The average Bonchev–Trinajstić information content (AvgIpc) is 2.67. The van der Waals surface area contributed by atoms with E-state index in [-0.39, 0.29) is 18.8 Å². The van der Waals surface area contributed by atoms with E-state index in [4.69, 9.17) is 9.52 Å². The van der Waals surface area contributed by atoms with Crippen LogP contribution in [0, 0.1) is 5.92 Å². The van der Waals surface area contributed by atoms with Crippen LogP contribution in [0.15, 0.2) is 28.7 Å². The van der Waals surface area contributed by atoms with E-state index in [9.17, 15) is 18.0 Å². The van der Waals surface area contributed by atoms with Crippen LogP contribution in [0.5, 0.6) is 0 Å². The average molecular weight is 285 g/mol. The fourth-order valence-corrected chi connectivity index (χ4v) is 2.22. The predicted octanol–water partition coefficient (Wildman–Crippen LogP) is 3.13. The molecule has 106 valence electrons. The molecule has 2 heterocycles. The van der Waals surface area contributed by atoms with Gasteiger partial charge in [-0.2, -0.15) is 13.2 Å². The maximum atomic E-state index is 12.4. The smallest absolute Gasteiger partial charge is 0.395 e. The van der Waals surface area contributed by atoms with Crippen molar-refractivity contribution in [1.82, 2.24) is 0 Å². The van der Waals surface area contributed by atoms with Crippen molar-refractivity contribution in [3.05, 3.63) is 30.0 Å².